The molecule has 0 saturated heterocycles. The molecule has 0 radical (unpaired) electrons. The van der Waals surface area contributed by atoms with Crippen LogP contribution in [0.1, 0.15) is 26.3 Å². The predicted molar refractivity (Wildman–Crippen MR) is 107 cm³/mol. The van der Waals surface area contributed by atoms with Crippen molar-refractivity contribution >= 4 is 29.3 Å². The van der Waals surface area contributed by atoms with Crippen LogP contribution >= 0.6 is 11.6 Å². The molecule has 0 heterocycles. The summed E-state index contributed by atoms with van der Waals surface area (Å²) in [4.78, 5) is 12.4. The van der Waals surface area contributed by atoms with E-state index in [2.05, 4.69) is 5.32 Å². The highest BCUT2D eigenvalue weighted by atomic mass is 35.5. The number of carbonyl (C=O) groups is 1. The normalized spacial score (nSPS) is 11.0. The fourth-order valence-corrected chi connectivity index (χ4v) is 2.48. The first kappa shape index (κ1) is 20.3. The van der Waals surface area contributed by atoms with E-state index < -0.39 is 5.91 Å². The Hall–Kier alpha value is -2.97. The van der Waals surface area contributed by atoms with Crippen molar-refractivity contribution in [1.29, 1.82) is 5.26 Å². The molecular weight excluding hydrogens is 364 g/mol. The van der Waals surface area contributed by atoms with Crippen LogP contribution in [0.15, 0.2) is 48.0 Å². The maximum atomic E-state index is 12.4. The van der Waals surface area contributed by atoms with Gasteiger partial charge in [-0.15, -0.1) is 0 Å². The van der Waals surface area contributed by atoms with Gasteiger partial charge in [0.25, 0.3) is 5.91 Å². The summed E-state index contributed by atoms with van der Waals surface area (Å²) in [6, 6.07) is 14.0. The quantitative estimate of drug-likeness (QED) is 0.534. The largest absolute Gasteiger partial charge is 0.490 e. The zero-order valence-corrected chi connectivity index (χ0v) is 16.2. The number of hydrogen-bond donors (Lipinski definition) is 1. The third-order valence-corrected chi connectivity index (χ3v) is 3.76. The van der Waals surface area contributed by atoms with E-state index in [0.29, 0.717) is 34.4 Å². The molecule has 0 spiro atoms. The number of nitriles is 1. The molecule has 2 rings (SSSR count). The molecule has 0 aliphatic rings. The van der Waals surface area contributed by atoms with E-state index >= 15 is 0 Å². The maximum Gasteiger partial charge on any atom is 0.266 e. The van der Waals surface area contributed by atoms with Crippen LogP contribution in [0.3, 0.4) is 0 Å². The average Bonchev–Trinajstić information content (AvgIpc) is 2.63. The molecule has 0 aromatic heterocycles. The number of carbonyl (C=O) groups excluding carboxylic acids is 1. The van der Waals surface area contributed by atoms with Gasteiger partial charge in [0.2, 0.25) is 0 Å². The molecule has 6 heteroatoms. The minimum atomic E-state index is -0.536. The van der Waals surface area contributed by atoms with E-state index in [-0.39, 0.29) is 11.7 Å². The second-order valence-corrected chi connectivity index (χ2v) is 6.32. The molecule has 1 amide bonds. The Morgan fingerprint density at radius 2 is 2.00 bits per heavy atom. The van der Waals surface area contributed by atoms with Gasteiger partial charge in [0.05, 0.1) is 23.4 Å². The summed E-state index contributed by atoms with van der Waals surface area (Å²) in [7, 11) is 0. The van der Waals surface area contributed by atoms with Gasteiger partial charge < -0.3 is 14.8 Å². The van der Waals surface area contributed by atoms with Gasteiger partial charge in [-0.25, -0.2) is 0 Å². The lowest BCUT2D eigenvalue weighted by atomic mass is 10.1. The Morgan fingerprint density at radius 3 is 2.63 bits per heavy atom. The number of benzene rings is 2. The van der Waals surface area contributed by atoms with Gasteiger partial charge in [-0.3, -0.25) is 4.79 Å². The van der Waals surface area contributed by atoms with Crippen molar-refractivity contribution in [1.82, 2.24) is 0 Å². The Labute approximate surface area is 164 Å². The molecule has 1 N–H and O–H groups in total. The number of amides is 1. The lowest BCUT2D eigenvalue weighted by Crippen LogP contribution is -2.13. The molecule has 0 bridgehead atoms. The van der Waals surface area contributed by atoms with Crippen molar-refractivity contribution in [2.75, 3.05) is 11.9 Å². The number of nitrogens with zero attached hydrogens (tertiary/aromatic N) is 1. The van der Waals surface area contributed by atoms with Crippen LogP contribution in [-0.2, 0) is 4.79 Å². The lowest BCUT2D eigenvalue weighted by Gasteiger charge is -2.15. The minimum absolute atomic E-state index is 0.00154. The molecule has 0 aliphatic carbocycles. The summed E-state index contributed by atoms with van der Waals surface area (Å²) >= 11 is 6.04. The molecule has 2 aromatic rings. The molecule has 2 aromatic carbocycles. The van der Waals surface area contributed by atoms with E-state index in [1.165, 1.54) is 6.08 Å². The lowest BCUT2D eigenvalue weighted by molar-refractivity contribution is -0.112. The molecule has 0 unspecified atom stereocenters. The van der Waals surface area contributed by atoms with Gasteiger partial charge in [0.1, 0.15) is 11.6 Å². The molecule has 0 saturated carbocycles. The SMILES string of the molecule is CCOc1cc(/C=C(\C#N)C(=O)Nc2ccccc2Cl)ccc1OC(C)C. The highest BCUT2D eigenvalue weighted by Crippen LogP contribution is 2.30. The van der Waals surface area contributed by atoms with Crippen LogP contribution in [0.2, 0.25) is 5.02 Å². The van der Waals surface area contributed by atoms with Crippen LogP contribution in [0.5, 0.6) is 11.5 Å². The Morgan fingerprint density at radius 1 is 1.26 bits per heavy atom. The number of hydrogen-bond acceptors (Lipinski definition) is 4. The standard InChI is InChI=1S/C21H21ClN2O3/c1-4-26-20-12-15(9-10-19(20)27-14(2)3)11-16(13-23)21(25)24-18-8-6-5-7-17(18)22/h5-12,14H,4H2,1-3H3,(H,24,25)/b16-11+. The van der Waals surface area contributed by atoms with Gasteiger partial charge in [-0.05, 0) is 56.7 Å². The Kier molecular flexibility index (Phi) is 7.27. The van der Waals surface area contributed by atoms with Crippen LogP contribution in [0, 0.1) is 11.3 Å². The van der Waals surface area contributed by atoms with Crippen molar-refractivity contribution in [3.05, 3.63) is 58.6 Å². The molecule has 0 fully saturated rings. The summed E-state index contributed by atoms with van der Waals surface area (Å²) < 4.78 is 11.3. The van der Waals surface area contributed by atoms with Crippen molar-refractivity contribution in [2.45, 2.75) is 26.9 Å². The van der Waals surface area contributed by atoms with E-state index in [0.717, 1.165) is 0 Å². The summed E-state index contributed by atoms with van der Waals surface area (Å²) in [6.45, 7) is 6.20. The second kappa shape index (κ2) is 9.65. The first-order valence-electron chi connectivity index (χ1n) is 8.55. The molecule has 27 heavy (non-hydrogen) atoms. The van der Waals surface area contributed by atoms with Gasteiger partial charge in [0.15, 0.2) is 11.5 Å². The molecule has 0 atom stereocenters. The van der Waals surface area contributed by atoms with E-state index in [1.54, 1.807) is 42.5 Å². The Bertz CT molecular complexity index is 885. The number of nitrogens with one attached hydrogen (secondary N) is 1. The summed E-state index contributed by atoms with van der Waals surface area (Å²) in [5.74, 6) is 0.637. The molecular formula is C21H21ClN2O3. The van der Waals surface area contributed by atoms with Crippen molar-refractivity contribution in [2.24, 2.45) is 0 Å². The van der Waals surface area contributed by atoms with Crippen LogP contribution in [0.4, 0.5) is 5.69 Å². The molecule has 0 aliphatic heterocycles. The van der Waals surface area contributed by atoms with Crippen LogP contribution in [-0.4, -0.2) is 18.6 Å². The molecule has 5 nitrogen and oxygen atoms in total. The maximum absolute atomic E-state index is 12.4. The number of ether oxygens (including phenoxy) is 2. The van der Waals surface area contributed by atoms with Crippen LogP contribution < -0.4 is 14.8 Å². The van der Waals surface area contributed by atoms with E-state index in [1.807, 2.05) is 26.8 Å². The van der Waals surface area contributed by atoms with E-state index in [4.69, 9.17) is 21.1 Å². The van der Waals surface area contributed by atoms with Crippen LogP contribution in [0.25, 0.3) is 6.08 Å². The third-order valence-electron chi connectivity index (χ3n) is 3.43. The summed E-state index contributed by atoms with van der Waals surface area (Å²) in [5.41, 5.74) is 1.05. The number of para-hydroxylation sites is 1. The van der Waals surface area contributed by atoms with Gasteiger partial charge in [-0.1, -0.05) is 29.8 Å². The fourth-order valence-electron chi connectivity index (χ4n) is 2.30. The number of rotatable bonds is 7. The van der Waals surface area contributed by atoms with Gasteiger partial charge >= 0.3 is 0 Å². The predicted octanol–water partition coefficient (Wildman–Crippen LogP) is 5.07. The zero-order valence-electron chi connectivity index (χ0n) is 15.5. The Balaban J connectivity index is 2.28. The third kappa shape index (κ3) is 5.77. The number of halogens is 1. The van der Waals surface area contributed by atoms with Crippen molar-refractivity contribution < 1.29 is 14.3 Å². The van der Waals surface area contributed by atoms with Gasteiger partial charge in [0, 0.05) is 0 Å². The summed E-state index contributed by atoms with van der Waals surface area (Å²) in [6.07, 6.45) is 1.50. The van der Waals surface area contributed by atoms with E-state index in [9.17, 15) is 10.1 Å². The smallest absolute Gasteiger partial charge is 0.266 e. The highest BCUT2D eigenvalue weighted by Gasteiger charge is 2.13. The highest BCUT2D eigenvalue weighted by molar-refractivity contribution is 6.34. The number of anilines is 1. The summed E-state index contributed by atoms with van der Waals surface area (Å²) in [5, 5.41) is 12.4. The fraction of sp³-hybridized carbons (Fsp3) is 0.238. The topological polar surface area (TPSA) is 71.3 Å². The first-order valence-corrected chi connectivity index (χ1v) is 8.93. The van der Waals surface area contributed by atoms with Gasteiger partial charge in [-0.2, -0.15) is 5.26 Å². The zero-order chi connectivity index (χ0) is 19.8. The van der Waals surface area contributed by atoms with Crippen molar-refractivity contribution in [3.63, 3.8) is 0 Å². The molecule has 140 valence electrons. The average molecular weight is 385 g/mol. The van der Waals surface area contributed by atoms with Crippen molar-refractivity contribution in [3.8, 4) is 17.6 Å². The minimum Gasteiger partial charge on any atom is -0.490 e. The monoisotopic (exact) mass is 384 g/mol. The first-order chi connectivity index (χ1) is 12.9. The second-order valence-electron chi connectivity index (χ2n) is 5.91.